The van der Waals surface area contributed by atoms with Crippen LogP contribution in [0.25, 0.3) is 0 Å². The molecular formula is C20H30BrN5O3S. The molecule has 0 bridgehead atoms. The third-order valence-electron chi connectivity index (χ3n) is 3.93. The Hall–Kier alpha value is -2.07. The summed E-state index contributed by atoms with van der Waals surface area (Å²) in [5, 5.41) is 9.95. The fraction of sp³-hybridized carbons (Fsp3) is 0.550. The molecule has 0 unspecified atom stereocenters. The number of aryl methyl sites for hydroxylation is 1. The van der Waals surface area contributed by atoms with E-state index in [0.29, 0.717) is 29.4 Å². The molecule has 1 amide bonds. The van der Waals surface area contributed by atoms with Crippen molar-refractivity contribution < 1.29 is 14.3 Å². The zero-order chi connectivity index (χ0) is 22.3. The van der Waals surface area contributed by atoms with Crippen molar-refractivity contribution in [3.63, 3.8) is 0 Å². The van der Waals surface area contributed by atoms with Gasteiger partial charge in [0.05, 0.1) is 13.2 Å². The van der Waals surface area contributed by atoms with Crippen molar-refractivity contribution in [3.05, 3.63) is 32.8 Å². The number of ether oxygens (including phenoxy) is 2. The summed E-state index contributed by atoms with van der Waals surface area (Å²) in [7, 11) is 0. The average Bonchev–Trinajstić information content (AvgIpc) is 2.99. The highest BCUT2D eigenvalue weighted by atomic mass is 79.9. The molecule has 0 spiro atoms. The number of benzene rings is 1. The van der Waals surface area contributed by atoms with Crippen LogP contribution in [0.15, 0.2) is 16.6 Å². The zero-order valence-corrected chi connectivity index (χ0v) is 20.5. The van der Waals surface area contributed by atoms with E-state index in [2.05, 4.69) is 43.8 Å². The molecule has 1 aromatic heterocycles. The molecule has 2 aromatic rings. The summed E-state index contributed by atoms with van der Waals surface area (Å²) in [5.41, 5.74) is 3.94. The monoisotopic (exact) mass is 499 g/mol. The van der Waals surface area contributed by atoms with Crippen LogP contribution in [0.5, 0.6) is 11.5 Å². The molecule has 0 aliphatic rings. The summed E-state index contributed by atoms with van der Waals surface area (Å²) in [4.78, 5) is 12.1. The second-order valence-electron chi connectivity index (χ2n) is 7.78. The second-order valence-corrected chi connectivity index (χ2v) is 9.02. The van der Waals surface area contributed by atoms with E-state index in [4.69, 9.17) is 21.7 Å². The van der Waals surface area contributed by atoms with Crippen LogP contribution in [-0.4, -0.2) is 39.5 Å². The Morgan fingerprint density at radius 1 is 1.27 bits per heavy atom. The van der Waals surface area contributed by atoms with E-state index in [1.807, 2.05) is 39.8 Å². The molecule has 3 N–H and O–H groups in total. The van der Waals surface area contributed by atoms with E-state index in [9.17, 15) is 4.79 Å². The first-order valence-corrected chi connectivity index (χ1v) is 11.1. The molecule has 1 heterocycles. The number of amides is 1. The lowest BCUT2D eigenvalue weighted by Crippen LogP contribution is -2.43. The molecule has 0 fully saturated rings. The number of H-pyrrole nitrogens is 1. The number of rotatable bonds is 10. The van der Waals surface area contributed by atoms with Gasteiger partial charge in [0.25, 0.3) is 5.91 Å². The summed E-state index contributed by atoms with van der Waals surface area (Å²) in [6.07, 6.45) is 1.78. The summed E-state index contributed by atoms with van der Waals surface area (Å²) in [6, 6.07) is 3.70. The predicted octanol–water partition coefficient (Wildman–Crippen LogP) is 4.09. The van der Waals surface area contributed by atoms with Gasteiger partial charge in [0, 0.05) is 16.4 Å². The van der Waals surface area contributed by atoms with Gasteiger partial charge in [0.15, 0.2) is 23.9 Å². The Balaban J connectivity index is 2.15. The van der Waals surface area contributed by atoms with E-state index in [-0.39, 0.29) is 18.1 Å². The molecule has 0 aliphatic carbocycles. The molecule has 0 radical (unpaired) electrons. The standard InChI is InChI=1S/C20H30BrN5O3S/c1-6-8-17-24-25-19(30)26(17)22-11-13-9-15(28-7-2)16(10-14(13)21)29-12-18(27)23-20(3,4)5/h9-10,22H,6-8,11-12H2,1-5H3,(H,23,27)(H,25,30). The second kappa shape index (κ2) is 10.8. The van der Waals surface area contributed by atoms with E-state index >= 15 is 0 Å². The predicted molar refractivity (Wildman–Crippen MR) is 123 cm³/mol. The van der Waals surface area contributed by atoms with Gasteiger partial charge in [-0.15, -0.1) is 0 Å². The molecule has 2 rings (SSSR count). The van der Waals surface area contributed by atoms with Crippen LogP contribution in [-0.2, 0) is 17.8 Å². The Bertz CT molecular complexity index is 920. The van der Waals surface area contributed by atoms with Gasteiger partial charge < -0.3 is 20.2 Å². The number of aromatic nitrogens is 3. The van der Waals surface area contributed by atoms with Crippen LogP contribution in [0.3, 0.4) is 0 Å². The van der Waals surface area contributed by atoms with Gasteiger partial charge in [-0.1, -0.05) is 22.9 Å². The highest BCUT2D eigenvalue weighted by Gasteiger charge is 2.16. The van der Waals surface area contributed by atoms with Crippen LogP contribution in [0.2, 0.25) is 0 Å². The molecule has 0 atom stereocenters. The molecule has 0 saturated heterocycles. The molecule has 166 valence electrons. The summed E-state index contributed by atoms with van der Waals surface area (Å²) >= 11 is 8.89. The van der Waals surface area contributed by atoms with E-state index in [1.165, 1.54) is 0 Å². The molecule has 1 aromatic carbocycles. The average molecular weight is 500 g/mol. The van der Waals surface area contributed by atoms with Crippen molar-refractivity contribution in [3.8, 4) is 11.5 Å². The fourth-order valence-corrected chi connectivity index (χ4v) is 3.42. The third kappa shape index (κ3) is 7.02. The first kappa shape index (κ1) is 24.2. The number of carbonyl (C=O) groups is 1. The van der Waals surface area contributed by atoms with E-state index in [0.717, 1.165) is 28.7 Å². The maximum atomic E-state index is 12.1. The molecular weight excluding hydrogens is 470 g/mol. The van der Waals surface area contributed by atoms with E-state index < -0.39 is 0 Å². The minimum Gasteiger partial charge on any atom is -0.490 e. The van der Waals surface area contributed by atoms with Crippen molar-refractivity contribution in [1.29, 1.82) is 0 Å². The van der Waals surface area contributed by atoms with Crippen LogP contribution in [0.1, 0.15) is 52.4 Å². The third-order valence-corrected chi connectivity index (χ3v) is 4.94. The Kier molecular flexibility index (Phi) is 8.72. The van der Waals surface area contributed by atoms with Crippen molar-refractivity contribution in [2.45, 2.75) is 59.5 Å². The highest BCUT2D eigenvalue weighted by molar-refractivity contribution is 9.10. The zero-order valence-electron chi connectivity index (χ0n) is 18.1. The van der Waals surface area contributed by atoms with Crippen LogP contribution < -0.4 is 20.2 Å². The lowest BCUT2D eigenvalue weighted by atomic mass is 10.1. The van der Waals surface area contributed by atoms with Gasteiger partial charge in [-0.05, 0) is 64.0 Å². The van der Waals surface area contributed by atoms with Crippen LogP contribution in [0, 0.1) is 4.77 Å². The van der Waals surface area contributed by atoms with Crippen molar-refractivity contribution in [2.75, 3.05) is 18.6 Å². The minimum atomic E-state index is -0.315. The van der Waals surface area contributed by atoms with E-state index in [1.54, 1.807) is 4.68 Å². The maximum Gasteiger partial charge on any atom is 0.258 e. The van der Waals surface area contributed by atoms with Gasteiger partial charge in [0.2, 0.25) is 4.77 Å². The largest absolute Gasteiger partial charge is 0.490 e. The molecule has 0 saturated carbocycles. The van der Waals surface area contributed by atoms with Gasteiger partial charge in [-0.3, -0.25) is 9.89 Å². The van der Waals surface area contributed by atoms with Crippen molar-refractivity contribution >= 4 is 34.1 Å². The number of hydrogen-bond donors (Lipinski definition) is 3. The Morgan fingerprint density at radius 2 is 1.97 bits per heavy atom. The number of aromatic amines is 1. The van der Waals surface area contributed by atoms with Crippen molar-refractivity contribution in [2.24, 2.45) is 0 Å². The Labute approximate surface area is 190 Å². The summed E-state index contributed by atoms with van der Waals surface area (Å²) in [5.74, 6) is 1.74. The maximum absolute atomic E-state index is 12.1. The fourth-order valence-electron chi connectivity index (χ4n) is 2.74. The number of carbonyl (C=O) groups excluding carboxylic acids is 1. The molecule has 0 aliphatic heterocycles. The number of nitrogens with one attached hydrogen (secondary N) is 3. The van der Waals surface area contributed by atoms with Gasteiger partial charge in [-0.25, -0.2) is 4.68 Å². The lowest BCUT2D eigenvalue weighted by molar-refractivity contribution is -0.124. The van der Waals surface area contributed by atoms with Crippen molar-refractivity contribution in [1.82, 2.24) is 20.2 Å². The summed E-state index contributed by atoms with van der Waals surface area (Å²) in [6.45, 7) is 10.6. The number of halogens is 1. The van der Waals surface area contributed by atoms with Gasteiger partial charge in [-0.2, -0.15) is 5.10 Å². The first-order chi connectivity index (χ1) is 14.1. The Morgan fingerprint density at radius 3 is 2.60 bits per heavy atom. The van der Waals surface area contributed by atoms with Gasteiger partial charge >= 0.3 is 0 Å². The SMILES string of the molecule is CCCc1n[nH]c(=S)n1NCc1cc(OCC)c(OCC(=O)NC(C)(C)C)cc1Br. The highest BCUT2D eigenvalue weighted by Crippen LogP contribution is 2.34. The first-order valence-electron chi connectivity index (χ1n) is 9.93. The number of hydrogen-bond acceptors (Lipinski definition) is 6. The van der Waals surface area contributed by atoms with Crippen LogP contribution in [0.4, 0.5) is 0 Å². The quantitative estimate of drug-likeness (QED) is 0.426. The topological polar surface area (TPSA) is 93.2 Å². The molecule has 10 heteroatoms. The molecule has 8 nitrogen and oxygen atoms in total. The number of nitrogens with zero attached hydrogens (tertiary/aromatic N) is 2. The summed E-state index contributed by atoms with van der Waals surface area (Å²) < 4.78 is 14.6. The van der Waals surface area contributed by atoms with Crippen LogP contribution >= 0.6 is 28.1 Å². The minimum absolute atomic E-state index is 0.0913. The van der Waals surface area contributed by atoms with Gasteiger partial charge in [0.1, 0.15) is 0 Å². The normalized spacial score (nSPS) is 11.3. The smallest absolute Gasteiger partial charge is 0.258 e. The molecule has 30 heavy (non-hydrogen) atoms. The lowest BCUT2D eigenvalue weighted by Gasteiger charge is -2.21.